The first-order valence-corrected chi connectivity index (χ1v) is 8.55. The molecule has 3 rings (SSSR count). The molecule has 1 aliphatic heterocycles. The fourth-order valence-corrected chi connectivity index (χ4v) is 3.34. The van der Waals surface area contributed by atoms with Gasteiger partial charge in [0.2, 0.25) is 0 Å². The standard InChI is InChI=1S/C14H13ClF3N5OS/c15-10-6-9(14(16,17)18)7-19-12(10)22-2-1-3-23(5-4-22)13(24)11-8-20-21-25-11/h6-8H,1-5H2. The number of alkyl halides is 3. The topological polar surface area (TPSA) is 62.2 Å². The van der Waals surface area contributed by atoms with Gasteiger partial charge in [-0.15, -0.1) is 5.10 Å². The summed E-state index contributed by atoms with van der Waals surface area (Å²) in [6, 6.07) is 0.876. The summed E-state index contributed by atoms with van der Waals surface area (Å²) in [5.74, 6) is 0.145. The van der Waals surface area contributed by atoms with E-state index in [1.54, 1.807) is 9.80 Å². The number of carbonyl (C=O) groups is 1. The van der Waals surface area contributed by atoms with E-state index in [2.05, 4.69) is 14.6 Å². The number of halogens is 4. The van der Waals surface area contributed by atoms with E-state index >= 15 is 0 Å². The second-order valence-corrected chi connectivity index (χ2v) is 6.63. The molecule has 0 N–H and O–H groups in total. The Balaban J connectivity index is 1.72. The number of pyridine rings is 1. The van der Waals surface area contributed by atoms with E-state index < -0.39 is 11.7 Å². The molecule has 1 aliphatic rings. The highest BCUT2D eigenvalue weighted by Crippen LogP contribution is 2.33. The van der Waals surface area contributed by atoms with E-state index in [-0.39, 0.29) is 10.9 Å². The lowest BCUT2D eigenvalue weighted by molar-refractivity contribution is -0.137. The Morgan fingerprint density at radius 3 is 2.64 bits per heavy atom. The van der Waals surface area contributed by atoms with Crippen molar-refractivity contribution < 1.29 is 18.0 Å². The zero-order chi connectivity index (χ0) is 18.0. The third-order valence-corrected chi connectivity index (χ3v) is 4.73. The first-order valence-electron chi connectivity index (χ1n) is 7.40. The van der Waals surface area contributed by atoms with Crippen LogP contribution in [0.25, 0.3) is 0 Å². The molecule has 134 valence electrons. The number of nitrogens with zero attached hydrogens (tertiary/aromatic N) is 5. The maximum atomic E-state index is 12.7. The molecule has 0 atom stereocenters. The average Bonchev–Trinajstić information content (AvgIpc) is 2.98. The summed E-state index contributed by atoms with van der Waals surface area (Å²) in [6.07, 6.45) is -1.64. The predicted molar refractivity (Wildman–Crippen MR) is 86.9 cm³/mol. The normalized spacial score (nSPS) is 16.0. The van der Waals surface area contributed by atoms with Gasteiger partial charge in [0.1, 0.15) is 10.7 Å². The van der Waals surface area contributed by atoms with Crippen molar-refractivity contribution in [2.75, 3.05) is 31.1 Å². The SMILES string of the molecule is O=C(c1cnns1)N1CCCN(c2ncc(C(F)(F)F)cc2Cl)CC1. The summed E-state index contributed by atoms with van der Waals surface area (Å²) in [5, 5.41) is 3.60. The van der Waals surface area contributed by atoms with Crippen LogP contribution < -0.4 is 4.90 Å². The number of hydrogen-bond donors (Lipinski definition) is 0. The minimum Gasteiger partial charge on any atom is -0.354 e. The molecule has 2 aromatic heterocycles. The molecule has 1 amide bonds. The van der Waals surface area contributed by atoms with Crippen LogP contribution in [0.3, 0.4) is 0 Å². The highest BCUT2D eigenvalue weighted by atomic mass is 35.5. The Morgan fingerprint density at radius 2 is 2.00 bits per heavy atom. The smallest absolute Gasteiger partial charge is 0.354 e. The molecule has 2 aromatic rings. The van der Waals surface area contributed by atoms with Gasteiger partial charge in [-0.3, -0.25) is 4.79 Å². The zero-order valence-corrected chi connectivity index (χ0v) is 14.4. The Hall–Kier alpha value is -1.94. The van der Waals surface area contributed by atoms with Crippen LogP contribution in [0.2, 0.25) is 5.02 Å². The van der Waals surface area contributed by atoms with Gasteiger partial charge in [-0.2, -0.15) is 13.2 Å². The highest BCUT2D eigenvalue weighted by molar-refractivity contribution is 7.07. The van der Waals surface area contributed by atoms with Crippen LogP contribution in [0.1, 0.15) is 21.7 Å². The van der Waals surface area contributed by atoms with Gasteiger partial charge in [0.15, 0.2) is 0 Å². The molecule has 3 heterocycles. The molecule has 0 aromatic carbocycles. The summed E-state index contributed by atoms with van der Waals surface area (Å²) in [4.78, 5) is 20.2. The van der Waals surface area contributed by atoms with Crippen LogP contribution >= 0.6 is 23.1 Å². The number of rotatable bonds is 2. The van der Waals surface area contributed by atoms with Gasteiger partial charge >= 0.3 is 6.18 Å². The van der Waals surface area contributed by atoms with Crippen molar-refractivity contribution in [1.29, 1.82) is 0 Å². The van der Waals surface area contributed by atoms with Crippen molar-refractivity contribution in [1.82, 2.24) is 19.5 Å². The van der Waals surface area contributed by atoms with Crippen molar-refractivity contribution >= 4 is 34.9 Å². The van der Waals surface area contributed by atoms with Crippen molar-refractivity contribution in [3.8, 4) is 0 Å². The molecular formula is C14H13ClF3N5OS. The third kappa shape index (κ3) is 4.01. The quantitative estimate of drug-likeness (QED) is 0.787. The molecule has 0 unspecified atom stereocenters. The Kier molecular flexibility index (Phi) is 5.09. The largest absolute Gasteiger partial charge is 0.417 e. The summed E-state index contributed by atoms with van der Waals surface area (Å²) >= 11 is 7.03. The maximum Gasteiger partial charge on any atom is 0.417 e. The van der Waals surface area contributed by atoms with Crippen LogP contribution in [0.4, 0.5) is 19.0 Å². The molecule has 0 aliphatic carbocycles. The monoisotopic (exact) mass is 391 g/mol. The van der Waals surface area contributed by atoms with Crippen LogP contribution in [0.15, 0.2) is 18.5 Å². The molecule has 6 nitrogen and oxygen atoms in total. The molecule has 1 fully saturated rings. The number of aromatic nitrogens is 3. The van der Waals surface area contributed by atoms with Crippen molar-refractivity contribution in [3.05, 3.63) is 33.9 Å². The molecule has 0 bridgehead atoms. The minimum absolute atomic E-state index is 0.0544. The molecule has 0 saturated carbocycles. The van der Waals surface area contributed by atoms with E-state index in [1.807, 2.05) is 0 Å². The lowest BCUT2D eigenvalue weighted by Crippen LogP contribution is -2.35. The summed E-state index contributed by atoms with van der Waals surface area (Å²) in [5.41, 5.74) is -0.884. The lowest BCUT2D eigenvalue weighted by Gasteiger charge is -2.23. The Labute approximate surface area is 150 Å². The van der Waals surface area contributed by atoms with Crippen molar-refractivity contribution in [2.45, 2.75) is 12.6 Å². The van der Waals surface area contributed by atoms with Gasteiger partial charge in [-0.1, -0.05) is 16.1 Å². The van der Waals surface area contributed by atoms with Crippen molar-refractivity contribution in [2.24, 2.45) is 0 Å². The minimum atomic E-state index is -4.49. The number of amides is 1. The first kappa shape index (κ1) is 17.9. The Bertz CT molecular complexity index is 755. The molecule has 0 radical (unpaired) electrons. The second-order valence-electron chi connectivity index (χ2n) is 5.44. The van der Waals surface area contributed by atoms with E-state index in [4.69, 9.17) is 11.6 Å². The van der Waals surface area contributed by atoms with Gasteiger partial charge in [-0.05, 0) is 24.0 Å². The summed E-state index contributed by atoms with van der Waals surface area (Å²) in [6.45, 7) is 1.92. The van der Waals surface area contributed by atoms with E-state index in [9.17, 15) is 18.0 Å². The van der Waals surface area contributed by atoms with Gasteiger partial charge < -0.3 is 9.80 Å². The molecule has 0 spiro atoms. The second kappa shape index (κ2) is 7.12. The molecule has 25 heavy (non-hydrogen) atoms. The first-order chi connectivity index (χ1) is 11.9. The van der Waals surface area contributed by atoms with Crippen LogP contribution in [-0.4, -0.2) is 51.6 Å². The highest BCUT2D eigenvalue weighted by Gasteiger charge is 2.32. The zero-order valence-electron chi connectivity index (χ0n) is 12.8. The van der Waals surface area contributed by atoms with Crippen molar-refractivity contribution in [3.63, 3.8) is 0 Å². The number of anilines is 1. The predicted octanol–water partition coefficient (Wildman–Crippen LogP) is 2.96. The molecule has 1 saturated heterocycles. The van der Waals surface area contributed by atoms with Gasteiger partial charge in [0, 0.05) is 32.4 Å². The fourth-order valence-electron chi connectivity index (χ4n) is 2.57. The van der Waals surface area contributed by atoms with E-state index in [1.165, 1.54) is 6.20 Å². The molecule has 11 heteroatoms. The molecular weight excluding hydrogens is 379 g/mol. The van der Waals surface area contributed by atoms with Gasteiger partial charge in [0.05, 0.1) is 16.8 Å². The summed E-state index contributed by atoms with van der Waals surface area (Å²) in [7, 11) is 0. The summed E-state index contributed by atoms with van der Waals surface area (Å²) < 4.78 is 41.8. The van der Waals surface area contributed by atoms with Gasteiger partial charge in [-0.25, -0.2) is 4.98 Å². The fraction of sp³-hybridized carbons (Fsp3) is 0.429. The van der Waals surface area contributed by atoms with Crippen LogP contribution in [-0.2, 0) is 6.18 Å². The van der Waals surface area contributed by atoms with Crippen LogP contribution in [0, 0.1) is 0 Å². The van der Waals surface area contributed by atoms with Crippen LogP contribution in [0.5, 0.6) is 0 Å². The average molecular weight is 392 g/mol. The Morgan fingerprint density at radius 1 is 1.20 bits per heavy atom. The maximum absolute atomic E-state index is 12.7. The third-order valence-electron chi connectivity index (χ3n) is 3.80. The number of carbonyl (C=O) groups excluding carboxylic acids is 1. The van der Waals surface area contributed by atoms with E-state index in [0.717, 1.165) is 23.8 Å². The lowest BCUT2D eigenvalue weighted by atomic mass is 10.2. The van der Waals surface area contributed by atoms with Gasteiger partial charge in [0.25, 0.3) is 5.91 Å². The number of hydrogen-bond acceptors (Lipinski definition) is 6. The van der Waals surface area contributed by atoms with E-state index in [0.29, 0.717) is 43.3 Å².